The van der Waals surface area contributed by atoms with Gasteiger partial charge in [0.25, 0.3) is 11.8 Å². The quantitative estimate of drug-likeness (QED) is 0.129. The molecule has 64 heavy (non-hydrogen) atoms. The first-order chi connectivity index (χ1) is 30.8. The molecule has 2 aromatic carbocycles. The minimum absolute atomic E-state index is 0.0391. The van der Waals surface area contributed by atoms with E-state index in [0.29, 0.717) is 46.7 Å². The van der Waals surface area contributed by atoms with Gasteiger partial charge < -0.3 is 25.4 Å². The number of ether oxygens (including phenoxy) is 2. The number of pyridine rings is 1. The van der Waals surface area contributed by atoms with Crippen LogP contribution in [0.1, 0.15) is 98.7 Å². The third kappa shape index (κ3) is 9.23. The summed E-state index contributed by atoms with van der Waals surface area (Å²) in [5.41, 5.74) is 8.93. The first kappa shape index (κ1) is 44.8. The number of methoxy groups -OCH3 is 1. The fourth-order valence-corrected chi connectivity index (χ4v) is 10.3. The van der Waals surface area contributed by atoms with Crippen LogP contribution in [0.2, 0.25) is 0 Å². The molecule has 4 N–H and O–H groups in total. The number of amides is 4. The molecule has 0 spiro atoms. The highest BCUT2D eigenvalue weighted by molar-refractivity contribution is 6.03. The van der Waals surface area contributed by atoms with E-state index in [1.54, 1.807) is 29.9 Å². The number of aromatic nitrogens is 3. The lowest BCUT2D eigenvalue weighted by atomic mass is 9.81. The highest BCUT2D eigenvalue weighted by Gasteiger charge is 2.42. The standard InChI is InChI=1S/C48H59FN8O7/c1-5-6-33-37(52-46(61)43(33)49)27-64-47-35-23-41(63-4)36(44(50)59)22-34(35)31(24-51-47)13-11-28-7-9-29(10-8-28)25-54(2)32-17-19-56(20-18-32)26-30-12-14-38-40(21-30)55(3)48(62)57(38)39-15-16-42(58)53-45(39)60/h12,14,21-24,28-29,32-33,37,39,43H,5-10,15-20,25-27H2,1-4H3,(H2,50,59)(H,52,61)(H,53,58,60)/t28-,29-,33-,37+,39?,43-/m0/s1. The van der Waals surface area contributed by atoms with Gasteiger partial charge in [-0.05, 0) is 107 Å². The van der Waals surface area contributed by atoms with Crippen molar-refractivity contribution in [1.82, 2.24) is 34.6 Å². The maximum absolute atomic E-state index is 14.6. The lowest BCUT2D eigenvalue weighted by Gasteiger charge is -2.39. The van der Waals surface area contributed by atoms with Crippen molar-refractivity contribution < 1.29 is 33.0 Å². The van der Waals surface area contributed by atoms with Crippen molar-refractivity contribution in [3.63, 3.8) is 0 Å². The van der Waals surface area contributed by atoms with E-state index in [4.69, 9.17) is 15.2 Å². The second kappa shape index (κ2) is 19.1. The van der Waals surface area contributed by atoms with E-state index in [1.807, 2.05) is 25.1 Å². The third-order valence-corrected chi connectivity index (χ3v) is 14.0. The molecule has 3 aliphatic heterocycles. The van der Waals surface area contributed by atoms with Crippen molar-refractivity contribution in [2.45, 2.75) is 102 Å². The number of rotatable bonds is 13. The SMILES string of the molecule is CCC[C@@H]1[C@H](F)C(=O)N[C@@H]1COc1ncc(C#C[C@H]2CC[C@H](CN(C)C3CCN(Cc4ccc5c(c4)n(C)c(=O)n5C4CCC(=O)NC4=O)CC3)CC2)c2cc(C(N)=O)c(OC)cc12. The summed E-state index contributed by atoms with van der Waals surface area (Å²) < 4.78 is 29.4. The Morgan fingerprint density at radius 3 is 2.47 bits per heavy atom. The predicted octanol–water partition coefficient (Wildman–Crippen LogP) is 4.36. The number of alkyl halides is 1. The van der Waals surface area contributed by atoms with E-state index >= 15 is 0 Å². The Kier molecular flexibility index (Phi) is 13.4. The Labute approximate surface area is 372 Å². The number of carbonyl (C=O) groups excluding carboxylic acids is 4. The Bertz CT molecular complexity index is 2560. The Hall–Kier alpha value is -5.79. The molecule has 15 nitrogen and oxygen atoms in total. The van der Waals surface area contributed by atoms with E-state index in [2.05, 4.69) is 44.3 Å². The number of aryl methyl sites for hydroxylation is 1. The van der Waals surface area contributed by atoms with Crippen molar-refractivity contribution >= 4 is 45.4 Å². The molecule has 4 atom stereocenters. The monoisotopic (exact) mass is 878 g/mol. The fraction of sp³-hybridized carbons (Fsp3) is 0.542. The second-order valence-electron chi connectivity index (χ2n) is 18.2. The lowest BCUT2D eigenvalue weighted by molar-refractivity contribution is -0.135. The smallest absolute Gasteiger partial charge is 0.329 e. The van der Waals surface area contributed by atoms with Gasteiger partial charge in [0.1, 0.15) is 18.4 Å². The number of nitrogens with one attached hydrogen (secondary N) is 2. The number of halogens is 1. The van der Waals surface area contributed by atoms with Crippen molar-refractivity contribution in [1.29, 1.82) is 0 Å². The fourth-order valence-electron chi connectivity index (χ4n) is 10.3. The number of fused-ring (bicyclic) bond motifs is 2. The van der Waals surface area contributed by atoms with Gasteiger partial charge in [0.15, 0.2) is 6.17 Å². The number of primary amides is 1. The number of carbonyl (C=O) groups is 4. The van der Waals surface area contributed by atoms with Crippen LogP contribution >= 0.6 is 0 Å². The summed E-state index contributed by atoms with van der Waals surface area (Å²) in [6.45, 7) is 5.78. The van der Waals surface area contributed by atoms with Crippen LogP contribution in [-0.4, -0.2) is 106 Å². The summed E-state index contributed by atoms with van der Waals surface area (Å²) in [5, 5.41) is 6.32. The summed E-state index contributed by atoms with van der Waals surface area (Å²) >= 11 is 0. The number of nitrogens with two attached hydrogens (primary N) is 1. The molecule has 16 heteroatoms. The number of piperidine rings is 2. The molecule has 1 saturated carbocycles. The van der Waals surface area contributed by atoms with Crippen LogP contribution in [0.3, 0.4) is 0 Å². The van der Waals surface area contributed by atoms with Gasteiger partial charge in [-0.15, -0.1) is 0 Å². The van der Waals surface area contributed by atoms with Crippen LogP contribution in [0.15, 0.2) is 41.3 Å². The predicted molar refractivity (Wildman–Crippen MR) is 239 cm³/mol. The highest BCUT2D eigenvalue weighted by atomic mass is 19.1. The maximum atomic E-state index is 14.6. The maximum Gasteiger partial charge on any atom is 0.329 e. The van der Waals surface area contributed by atoms with Crippen LogP contribution in [0.5, 0.6) is 11.6 Å². The lowest BCUT2D eigenvalue weighted by Crippen LogP contribution is -2.44. The van der Waals surface area contributed by atoms with E-state index < -0.39 is 41.9 Å². The van der Waals surface area contributed by atoms with Crippen molar-refractivity contribution in [3.8, 4) is 23.5 Å². The molecule has 0 bridgehead atoms. The number of imidazole rings is 1. The van der Waals surface area contributed by atoms with Gasteiger partial charge in [-0.25, -0.2) is 14.2 Å². The summed E-state index contributed by atoms with van der Waals surface area (Å²) in [6, 6.07) is 8.66. The zero-order valence-corrected chi connectivity index (χ0v) is 37.2. The third-order valence-electron chi connectivity index (χ3n) is 14.0. The van der Waals surface area contributed by atoms with Crippen molar-refractivity contribution in [3.05, 3.63) is 63.7 Å². The number of benzene rings is 2. The minimum atomic E-state index is -1.58. The van der Waals surface area contributed by atoms with Crippen LogP contribution in [0.25, 0.3) is 21.8 Å². The summed E-state index contributed by atoms with van der Waals surface area (Å²) in [6.07, 6.45) is 8.17. The summed E-state index contributed by atoms with van der Waals surface area (Å²) in [5.74, 6) is 5.72. The highest BCUT2D eigenvalue weighted by Crippen LogP contribution is 2.35. The van der Waals surface area contributed by atoms with Crippen LogP contribution in [0.4, 0.5) is 4.39 Å². The van der Waals surface area contributed by atoms with Gasteiger partial charge in [0.05, 0.1) is 35.3 Å². The van der Waals surface area contributed by atoms with E-state index in [-0.39, 0.29) is 47.7 Å². The first-order valence-corrected chi connectivity index (χ1v) is 22.7. The van der Waals surface area contributed by atoms with Gasteiger partial charge in [0, 0.05) is 61.4 Å². The molecule has 4 aliphatic rings. The van der Waals surface area contributed by atoms with Crippen LogP contribution in [-0.2, 0) is 28.0 Å². The molecular formula is C48H59FN8O7. The van der Waals surface area contributed by atoms with Crippen LogP contribution in [0, 0.1) is 29.6 Å². The number of likely N-dealkylation sites (tertiary alicyclic amines) is 1. The van der Waals surface area contributed by atoms with Crippen molar-refractivity contribution in [2.75, 3.05) is 40.4 Å². The Morgan fingerprint density at radius 2 is 1.77 bits per heavy atom. The molecule has 340 valence electrons. The van der Waals surface area contributed by atoms with Gasteiger partial charge in [-0.3, -0.25) is 38.5 Å². The molecule has 1 unspecified atom stereocenters. The number of hydrogen-bond acceptors (Lipinski definition) is 10. The van der Waals surface area contributed by atoms with Gasteiger partial charge in [-0.1, -0.05) is 31.3 Å². The minimum Gasteiger partial charge on any atom is -0.496 e. The molecule has 2 aromatic heterocycles. The summed E-state index contributed by atoms with van der Waals surface area (Å²) in [4.78, 5) is 71.7. The Morgan fingerprint density at radius 1 is 1.00 bits per heavy atom. The Balaban J connectivity index is 0.850. The first-order valence-electron chi connectivity index (χ1n) is 22.7. The number of hydrogen-bond donors (Lipinski definition) is 3. The topological polar surface area (TPSA) is 183 Å². The van der Waals surface area contributed by atoms with E-state index in [9.17, 15) is 28.4 Å². The molecule has 5 heterocycles. The van der Waals surface area contributed by atoms with Crippen molar-refractivity contribution in [2.24, 2.45) is 30.5 Å². The molecule has 0 radical (unpaired) electrons. The zero-order valence-electron chi connectivity index (χ0n) is 37.2. The largest absolute Gasteiger partial charge is 0.496 e. The van der Waals surface area contributed by atoms with Gasteiger partial charge >= 0.3 is 5.69 Å². The van der Waals surface area contributed by atoms with Gasteiger partial charge in [0.2, 0.25) is 17.7 Å². The molecule has 3 saturated heterocycles. The average molecular weight is 879 g/mol. The molecule has 1 aliphatic carbocycles. The summed E-state index contributed by atoms with van der Waals surface area (Å²) in [7, 11) is 5.43. The normalized spacial score (nSPS) is 24.4. The molecule has 4 amide bonds. The van der Waals surface area contributed by atoms with Gasteiger partial charge in [-0.2, -0.15) is 0 Å². The molecular weight excluding hydrogens is 820 g/mol. The second-order valence-corrected chi connectivity index (χ2v) is 18.2. The van der Waals surface area contributed by atoms with Crippen LogP contribution < -0.4 is 31.5 Å². The zero-order chi connectivity index (χ0) is 45.2. The molecule has 4 fully saturated rings. The number of nitrogens with zero attached hydrogens (tertiary/aromatic N) is 5. The van der Waals surface area contributed by atoms with E-state index in [1.165, 1.54) is 11.7 Å². The molecule has 4 aromatic rings. The molecule has 8 rings (SSSR count). The average Bonchev–Trinajstić information content (AvgIpc) is 3.70. The number of imide groups is 1. The van der Waals surface area contributed by atoms with E-state index in [0.717, 1.165) is 82.2 Å².